The zero-order valence-corrected chi connectivity index (χ0v) is 31.0. The summed E-state index contributed by atoms with van der Waals surface area (Å²) in [6.07, 6.45) is 0. The second-order valence-electron chi connectivity index (χ2n) is 15.6. The largest absolute Gasteiger partial charge is 0.458 e. The summed E-state index contributed by atoms with van der Waals surface area (Å²) in [6.45, 7) is 4.64. The molecule has 3 aliphatic rings. The minimum Gasteiger partial charge on any atom is -0.458 e. The van der Waals surface area contributed by atoms with Crippen LogP contribution in [0.4, 0.5) is 17.1 Å². The zero-order valence-electron chi connectivity index (χ0n) is 31.0. The molecule has 3 heterocycles. The van der Waals surface area contributed by atoms with E-state index >= 15 is 0 Å². The van der Waals surface area contributed by atoms with Crippen LogP contribution in [0.25, 0.3) is 38.6 Å². The van der Waals surface area contributed by atoms with Gasteiger partial charge < -0.3 is 18.9 Å². The van der Waals surface area contributed by atoms with Crippen LogP contribution in [-0.2, 0) is 5.41 Å². The van der Waals surface area contributed by atoms with Gasteiger partial charge in [0.1, 0.15) is 23.0 Å². The highest BCUT2D eigenvalue weighted by Crippen LogP contribution is 2.55. The number of fused-ring (bicyclic) bond motifs is 12. The van der Waals surface area contributed by atoms with Crippen molar-refractivity contribution in [2.45, 2.75) is 19.3 Å². The van der Waals surface area contributed by atoms with E-state index in [0.29, 0.717) is 0 Å². The standard InChI is InChI=1S/C51H35BN2O2/c1-51(2)38-27-28-40-49(46(38)36-26-25-35(31-39(36)51)53(32-15-6-3-7-16-32)33-17-8-4-9-18-33)55-44-23-14-24-45-48(44)52(40)41-29-30-43-47(50(41)56-45)37-21-12-13-22-42(37)54(43)34-19-10-5-11-20-34/h3-31H,1-2H3. The van der Waals surface area contributed by atoms with E-state index in [1.807, 2.05) is 0 Å². The molecule has 5 heteroatoms. The lowest BCUT2D eigenvalue weighted by atomic mass is 9.34. The Balaban J connectivity index is 1.06. The Morgan fingerprint density at radius 1 is 0.518 bits per heavy atom. The molecule has 0 bridgehead atoms. The molecule has 2 aliphatic heterocycles. The van der Waals surface area contributed by atoms with Gasteiger partial charge in [-0.1, -0.05) is 117 Å². The summed E-state index contributed by atoms with van der Waals surface area (Å²) >= 11 is 0. The van der Waals surface area contributed by atoms with Gasteiger partial charge in [0.25, 0.3) is 6.71 Å². The van der Waals surface area contributed by atoms with Gasteiger partial charge in [0.2, 0.25) is 0 Å². The van der Waals surface area contributed by atoms with Gasteiger partial charge in [-0.15, -0.1) is 0 Å². The van der Waals surface area contributed by atoms with Gasteiger partial charge in [-0.25, -0.2) is 0 Å². The molecule has 0 fully saturated rings. The van der Waals surface area contributed by atoms with Crippen LogP contribution in [0.2, 0.25) is 0 Å². The van der Waals surface area contributed by atoms with E-state index in [1.165, 1.54) is 33.1 Å². The van der Waals surface area contributed by atoms with Crippen LogP contribution < -0.4 is 30.8 Å². The predicted octanol–water partition coefficient (Wildman–Crippen LogP) is 11.3. The SMILES string of the molecule is CC1(C)c2cc(N(c3ccccc3)c3ccccc3)ccc2-c2c1ccc1c2Oc2cccc3c2B1c1ccc2c(c1O3)c1ccccc1n2-c1ccccc1. The first-order chi connectivity index (χ1) is 27.6. The summed E-state index contributed by atoms with van der Waals surface area (Å²) in [6, 6.07) is 63.0. The monoisotopic (exact) mass is 718 g/mol. The van der Waals surface area contributed by atoms with E-state index in [2.05, 4.69) is 199 Å². The maximum Gasteiger partial charge on any atom is 0.260 e. The molecular weight excluding hydrogens is 683 g/mol. The Kier molecular flexibility index (Phi) is 6.45. The maximum atomic E-state index is 7.07. The van der Waals surface area contributed by atoms with E-state index < -0.39 is 0 Å². The third-order valence-corrected chi connectivity index (χ3v) is 12.3. The third-order valence-electron chi connectivity index (χ3n) is 12.3. The van der Waals surface area contributed by atoms with E-state index in [1.54, 1.807) is 0 Å². The summed E-state index contributed by atoms with van der Waals surface area (Å²) in [5.41, 5.74) is 14.9. The number of ether oxygens (including phenoxy) is 2. The molecule has 0 radical (unpaired) electrons. The fraction of sp³-hybridized carbons (Fsp3) is 0.0588. The van der Waals surface area contributed by atoms with Crippen molar-refractivity contribution in [2.24, 2.45) is 0 Å². The second kappa shape index (κ2) is 11.5. The number of nitrogens with zero attached hydrogens (tertiary/aromatic N) is 2. The maximum absolute atomic E-state index is 7.07. The van der Waals surface area contributed by atoms with Crippen molar-refractivity contribution in [3.8, 4) is 39.8 Å². The van der Waals surface area contributed by atoms with E-state index in [9.17, 15) is 0 Å². The Morgan fingerprint density at radius 3 is 1.88 bits per heavy atom. The summed E-state index contributed by atoms with van der Waals surface area (Å²) in [4.78, 5) is 2.34. The van der Waals surface area contributed by atoms with E-state index in [-0.39, 0.29) is 12.1 Å². The number of para-hydroxylation sites is 4. The van der Waals surface area contributed by atoms with Gasteiger partial charge in [-0.2, -0.15) is 0 Å². The predicted molar refractivity (Wildman–Crippen MR) is 231 cm³/mol. The van der Waals surface area contributed by atoms with Crippen molar-refractivity contribution in [1.82, 2.24) is 4.57 Å². The molecule has 1 aliphatic carbocycles. The average molecular weight is 719 g/mol. The number of anilines is 3. The first-order valence-electron chi connectivity index (χ1n) is 19.4. The van der Waals surface area contributed by atoms with Crippen LogP contribution in [0.3, 0.4) is 0 Å². The van der Waals surface area contributed by atoms with Gasteiger partial charge in [0.05, 0.1) is 16.4 Å². The van der Waals surface area contributed by atoms with Gasteiger partial charge >= 0.3 is 0 Å². The number of benzene rings is 8. The first kappa shape index (κ1) is 31.4. The summed E-state index contributed by atoms with van der Waals surface area (Å²) in [7, 11) is 0. The molecule has 1 aromatic heterocycles. The van der Waals surface area contributed by atoms with Crippen molar-refractivity contribution in [3.05, 3.63) is 187 Å². The number of aromatic nitrogens is 1. The molecule has 0 amide bonds. The fourth-order valence-electron chi connectivity index (χ4n) is 9.80. The van der Waals surface area contributed by atoms with Crippen molar-refractivity contribution in [2.75, 3.05) is 4.90 Å². The molecule has 0 saturated carbocycles. The smallest absolute Gasteiger partial charge is 0.260 e. The van der Waals surface area contributed by atoms with Gasteiger partial charge in [0, 0.05) is 44.6 Å². The summed E-state index contributed by atoms with van der Waals surface area (Å²) in [5, 5.41) is 2.31. The molecule has 9 aromatic rings. The lowest BCUT2D eigenvalue weighted by Gasteiger charge is -2.34. The van der Waals surface area contributed by atoms with Crippen LogP contribution >= 0.6 is 0 Å². The van der Waals surface area contributed by atoms with Crippen LogP contribution in [0.15, 0.2) is 176 Å². The normalized spacial score (nSPS) is 13.9. The number of rotatable bonds is 4. The van der Waals surface area contributed by atoms with Crippen LogP contribution in [-0.4, -0.2) is 11.3 Å². The molecule has 12 rings (SSSR count). The molecule has 4 nitrogen and oxygen atoms in total. The molecule has 0 spiro atoms. The van der Waals surface area contributed by atoms with Crippen LogP contribution in [0.1, 0.15) is 25.0 Å². The summed E-state index contributed by atoms with van der Waals surface area (Å²) in [5.74, 6) is 3.57. The average Bonchev–Trinajstić information content (AvgIpc) is 3.70. The van der Waals surface area contributed by atoms with Gasteiger partial charge in [-0.05, 0) is 100 Å². The Hall–Kier alpha value is -6.98. The third kappa shape index (κ3) is 4.25. The zero-order chi connectivity index (χ0) is 37.1. The van der Waals surface area contributed by atoms with Gasteiger partial charge in [-0.3, -0.25) is 0 Å². The Bertz CT molecular complexity index is 3020. The molecule has 264 valence electrons. The topological polar surface area (TPSA) is 26.6 Å². The lowest BCUT2D eigenvalue weighted by Crippen LogP contribution is -2.57. The quantitative estimate of drug-likeness (QED) is 0.170. The highest BCUT2D eigenvalue weighted by atomic mass is 16.5. The molecule has 0 saturated heterocycles. The Labute approximate surface area is 325 Å². The minimum absolute atomic E-state index is 0.0553. The summed E-state index contributed by atoms with van der Waals surface area (Å²) < 4.78 is 16.4. The van der Waals surface area contributed by atoms with E-state index in [0.717, 1.165) is 73.1 Å². The van der Waals surface area contributed by atoms with Crippen molar-refractivity contribution < 1.29 is 9.47 Å². The molecule has 0 unspecified atom stereocenters. The van der Waals surface area contributed by atoms with Crippen molar-refractivity contribution >= 4 is 62.0 Å². The molecular formula is C51H35BN2O2. The number of hydrogen-bond donors (Lipinski definition) is 0. The fourth-order valence-corrected chi connectivity index (χ4v) is 9.80. The molecule has 0 N–H and O–H groups in total. The van der Waals surface area contributed by atoms with Crippen LogP contribution in [0.5, 0.6) is 23.0 Å². The van der Waals surface area contributed by atoms with Crippen molar-refractivity contribution in [3.63, 3.8) is 0 Å². The Morgan fingerprint density at radius 2 is 1.14 bits per heavy atom. The minimum atomic E-state index is -0.251. The van der Waals surface area contributed by atoms with Gasteiger partial charge in [0.15, 0.2) is 0 Å². The lowest BCUT2D eigenvalue weighted by molar-refractivity contribution is 0.467. The molecule has 8 aromatic carbocycles. The highest BCUT2D eigenvalue weighted by Gasteiger charge is 2.45. The molecule has 0 atom stereocenters. The van der Waals surface area contributed by atoms with Crippen LogP contribution in [0, 0.1) is 0 Å². The van der Waals surface area contributed by atoms with E-state index in [4.69, 9.17) is 9.47 Å². The molecule has 56 heavy (non-hydrogen) atoms. The number of hydrogen-bond acceptors (Lipinski definition) is 3. The first-order valence-corrected chi connectivity index (χ1v) is 19.4. The second-order valence-corrected chi connectivity index (χ2v) is 15.6. The highest BCUT2D eigenvalue weighted by molar-refractivity contribution is 6.98. The van der Waals surface area contributed by atoms with Crippen molar-refractivity contribution in [1.29, 1.82) is 0 Å².